The van der Waals surface area contributed by atoms with Crippen LogP contribution in [0.3, 0.4) is 0 Å². The maximum atomic E-state index is 13.0. The Kier molecular flexibility index (Phi) is 6.17. The standard InChI is InChI=1S/C22H23FN4OS/c23-19-8-6-17(7-9-19)14-24-22(28)27-12-10-26(11-13-27)15-21-25-20(16-29-21)18-4-2-1-3-5-18/h1-9,16H,10-15H2,(H,24,28). The van der Waals surface area contributed by atoms with Gasteiger partial charge in [0.1, 0.15) is 10.8 Å². The van der Waals surface area contributed by atoms with Crippen molar-refractivity contribution < 1.29 is 9.18 Å². The van der Waals surface area contributed by atoms with Gasteiger partial charge in [-0.05, 0) is 17.7 Å². The van der Waals surface area contributed by atoms with E-state index in [1.54, 1.807) is 23.5 Å². The quantitative estimate of drug-likeness (QED) is 0.692. The van der Waals surface area contributed by atoms with Crippen molar-refractivity contribution in [2.45, 2.75) is 13.1 Å². The fourth-order valence-electron chi connectivity index (χ4n) is 3.32. The van der Waals surface area contributed by atoms with Gasteiger partial charge in [0, 0.05) is 43.7 Å². The Labute approximate surface area is 173 Å². The van der Waals surface area contributed by atoms with Crippen LogP contribution in [0.25, 0.3) is 11.3 Å². The molecule has 3 aromatic rings. The lowest BCUT2D eigenvalue weighted by Gasteiger charge is -2.34. The number of thiazole rings is 1. The number of piperazine rings is 1. The minimum absolute atomic E-state index is 0.0745. The highest BCUT2D eigenvalue weighted by Crippen LogP contribution is 2.22. The largest absolute Gasteiger partial charge is 0.334 e. The Morgan fingerprint density at radius 3 is 2.48 bits per heavy atom. The monoisotopic (exact) mass is 410 g/mol. The number of halogens is 1. The van der Waals surface area contributed by atoms with Crippen molar-refractivity contribution in [3.63, 3.8) is 0 Å². The van der Waals surface area contributed by atoms with Gasteiger partial charge in [0.05, 0.1) is 12.2 Å². The second kappa shape index (κ2) is 9.15. The number of rotatable bonds is 5. The average Bonchev–Trinajstić information content (AvgIpc) is 3.23. The van der Waals surface area contributed by atoms with E-state index in [4.69, 9.17) is 4.98 Å². The fourth-order valence-corrected chi connectivity index (χ4v) is 4.16. The molecular formula is C22H23FN4OS. The zero-order chi connectivity index (χ0) is 20.1. The Balaban J connectivity index is 1.23. The van der Waals surface area contributed by atoms with Crippen molar-refractivity contribution in [1.29, 1.82) is 0 Å². The van der Waals surface area contributed by atoms with Crippen LogP contribution in [0.15, 0.2) is 60.0 Å². The van der Waals surface area contributed by atoms with Crippen LogP contribution in [0.5, 0.6) is 0 Å². The summed E-state index contributed by atoms with van der Waals surface area (Å²) in [5.74, 6) is -0.271. The first-order valence-electron chi connectivity index (χ1n) is 9.67. The topological polar surface area (TPSA) is 48.5 Å². The highest BCUT2D eigenvalue weighted by molar-refractivity contribution is 7.09. The molecule has 1 saturated heterocycles. The van der Waals surface area contributed by atoms with Gasteiger partial charge in [0.25, 0.3) is 0 Å². The molecule has 0 saturated carbocycles. The first kappa shape index (κ1) is 19.5. The molecule has 1 fully saturated rings. The maximum absolute atomic E-state index is 13.0. The van der Waals surface area contributed by atoms with Crippen molar-refractivity contribution in [2.24, 2.45) is 0 Å². The summed E-state index contributed by atoms with van der Waals surface area (Å²) in [6, 6.07) is 16.3. The SMILES string of the molecule is O=C(NCc1ccc(F)cc1)N1CCN(Cc2nc(-c3ccccc3)cs2)CC1. The van der Waals surface area contributed by atoms with Gasteiger partial charge >= 0.3 is 6.03 Å². The number of hydrogen-bond acceptors (Lipinski definition) is 4. The third-order valence-corrected chi connectivity index (χ3v) is 5.83. The summed E-state index contributed by atoms with van der Waals surface area (Å²) < 4.78 is 13.0. The van der Waals surface area contributed by atoms with Gasteiger partial charge < -0.3 is 10.2 Å². The van der Waals surface area contributed by atoms with Crippen LogP contribution < -0.4 is 5.32 Å². The molecule has 2 amide bonds. The molecule has 0 radical (unpaired) electrons. The van der Waals surface area contributed by atoms with E-state index >= 15 is 0 Å². The molecule has 1 N–H and O–H groups in total. The van der Waals surface area contributed by atoms with Crippen molar-refractivity contribution in [1.82, 2.24) is 20.1 Å². The number of nitrogens with one attached hydrogen (secondary N) is 1. The van der Waals surface area contributed by atoms with Crippen LogP contribution >= 0.6 is 11.3 Å². The molecule has 0 unspecified atom stereocenters. The fraction of sp³-hybridized carbons (Fsp3) is 0.273. The Morgan fingerprint density at radius 2 is 1.76 bits per heavy atom. The third-order valence-electron chi connectivity index (χ3n) is 5.00. The number of amides is 2. The van der Waals surface area contributed by atoms with Crippen molar-refractivity contribution in [3.8, 4) is 11.3 Å². The number of aromatic nitrogens is 1. The van der Waals surface area contributed by atoms with Gasteiger partial charge in [-0.3, -0.25) is 4.90 Å². The molecule has 4 rings (SSSR count). The normalized spacial score (nSPS) is 14.7. The molecule has 1 aliphatic heterocycles. The van der Waals surface area contributed by atoms with Crippen molar-refractivity contribution >= 4 is 17.4 Å². The highest BCUT2D eigenvalue weighted by Gasteiger charge is 2.21. The summed E-state index contributed by atoms with van der Waals surface area (Å²) in [5.41, 5.74) is 3.04. The summed E-state index contributed by atoms with van der Waals surface area (Å²) in [5, 5.41) is 6.11. The average molecular weight is 411 g/mol. The molecule has 2 heterocycles. The van der Waals surface area contributed by atoms with Crippen LogP contribution in [-0.4, -0.2) is 47.0 Å². The van der Waals surface area contributed by atoms with E-state index in [0.29, 0.717) is 19.6 Å². The van der Waals surface area contributed by atoms with Gasteiger partial charge in [-0.1, -0.05) is 42.5 Å². The minimum Gasteiger partial charge on any atom is -0.334 e. The van der Waals surface area contributed by atoms with E-state index in [0.717, 1.165) is 41.5 Å². The minimum atomic E-state index is -0.271. The van der Waals surface area contributed by atoms with Gasteiger partial charge in [-0.25, -0.2) is 14.2 Å². The molecule has 0 spiro atoms. The van der Waals surface area contributed by atoms with Crippen LogP contribution in [0, 0.1) is 5.82 Å². The number of carbonyl (C=O) groups is 1. The smallest absolute Gasteiger partial charge is 0.317 e. The van der Waals surface area contributed by atoms with Crippen molar-refractivity contribution in [2.75, 3.05) is 26.2 Å². The zero-order valence-electron chi connectivity index (χ0n) is 16.1. The second-order valence-corrected chi connectivity index (χ2v) is 7.98. The molecule has 0 aliphatic carbocycles. The molecule has 1 aliphatic rings. The summed E-state index contributed by atoms with van der Waals surface area (Å²) in [4.78, 5) is 21.3. The number of hydrogen-bond donors (Lipinski definition) is 1. The molecule has 150 valence electrons. The lowest BCUT2D eigenvalue weighted by Crippen LogP contribution is -2.51. The predicted octanol–water partition coefficient (Wildman–Crippen LogP) is 3.98. The van der Waals surface area contributed by atoms with Crippen LogP contribution in [0.2, 0.25) is 0 Å². The number of urea groups is 1. The number of nitrogens with zero attached hydrogens (tertiary/aromatic N) is 3. The molecule has 1 aromatic heterocycles. The van der Waals surface area contributed by atoms with Gasteiger partial charge in [0.2, 0.25) is 0 Å². The second-order valence-electron chi connectivity index (χ2n) is 7.04. The zero-order valence-corrected chi connectivity index (χ0v) is 16.9. The summed E-state index contributed by atoms with van der Waals surface area (Å²) in [6.07, 6.45) is 0. The first-order chi connectivity index (χ1) is 14.2. The van der Waals surface area contributed by atoms with Crippen LogP contribution in [0.4, 0.5) is 9.18 Å². The van der Waals surface area contributed by atoms with Gasteiger partial charge in [-0.2, -0.15) is 0 Å². The molecule has 0 atom stereocenters. The Hall–Kier alpha value is -2.77. The number of benzene rings is 2. The van der Waals surface area contributed by atoms with Gasteiger partial charge in [-0.15, -0.1) is 11.3 Å². The maximum Gasteiger partial charge on any atom is 0.317 e. The molecular weight excluding hydrogens is 387 g/mol. The van der Waals surface area contributed by atoms with Gasteiger partial charge in [0.15, 0.2) is 0 Å². The Morgan fingerprint density at radius 1 is 1.03 bits per heavy atom. The summed E-state index contributed by atoms with van der Waals surface area (Å²) >= 11 is 1.68. The lowest BCUT2D eigenvalue weighted by atomic mass is 10.2. The molecule has 2 aromatic carbocycles. The predicted molar refractivity (Wildman–Crippen MR) is 113 cm³/mol. The van der Waals surface area contributed by atoms with E-state index in [1.165, 1.54) is 12.1 Å². The first-order valence-corrected chi connectivity index (χ1v) is 10.5. The number of carbonyl (C=O) groups excluding carboxylic acids is 1. The Bertz CT molecular complexity index is 937. The highest BCUT2D eigenvalue weighted by atomic mass is 32.1. The van der Waals surface area contributed by atoms with Crippen LogP contribution in [-0.2, 0) is 13.1 Å². The van der Waals surface area contributed by atoms with E-state index in [-0.39, 0.29) is 11.8 Å². The van der Waals surface area contributed by atoms with E-state index in [1.807, 2.05) is 23.1 Å². The van der Waals surface area contributed by atoms with E-state index in [9.17, 15) is 9.18 Å². The molecule has 5 nitrogen and oxygen atoms in total. The summed E-state index contributed by atoms with van der Waals surface area (Å²) in [7, 11) is 0. The summed E-state index contributed by atoms with van der Waals surface area (Å²) in [6.45, 7) is 4.23. The van der Waals surface area contributed by atoms with E-state index < -0.39 is 0 Å². The molecule has 0 bridgehead atoms. The third kappa shape index (κ3) is 5.19. The lowest BCUT2D eigenvalue weighted by molar-refractivity contribution is 0.135. The molecule has 7 heteroatoms. The molecule has 29 heavy (non-hydrogen) atoms. The van der Waals surface area contributed by atoms with E-state index in [2.05, 4.69) is 27.7 Å². The van der Waals surface area contributed by atoms with Crippen molar-refractivity contribution in [3.05, 3.63) is 76.4 Å². The van der Waals surface area contributed by atoms with Crippen LogP contribution in [0.1, 0.15) is 10.6 Å².